The Balaban J connectivity index is 0.997. The standard InChI is InChI=1S/C28H41N5O2/c1-2-4-11-23(10-3-1)35-27-15-9-14-26(31-27)33-19-17-32(18-20-33)16-7-8-21-34-28-22-29-24-12-5-6-13-25(24)30-28/h9,14-15,22-23H,1-8,10-13,16-21H2. The fourth-order valence-corrected chi connectivity index (χ4v) is 5.49. The molecule has 0 N–H and O–H groups in total. The third-order valence-corrected chi connectivity index (χ3v) is 7.60. The van der Waals surface area contributed by atoms with E-state index in [0.717, 1.165) is 94.3 Å². The molecule has 2 aromatic heterocycles. The molecule has 1 saturated carbocycles. The monoisotopic (exact) mass is 479 g/mol. The van der Waals surface area contributed by atoms with Gasteiger partial charge in [-0.05, 0) is 76.8 Å². The summed E-state index contributed by atoms with van der Waals surface area (Å²) in [5.74, 6) is 2.53. The minimum absolute atomic E-state index is 0.334. The van der Waals surface area contributed by atoms with Crippen molar-refractivity contribution in [2.45, 2.75) is 83.2 Å². The Morgan fingerprint density at radius 2 is 1.60 bits per heavy atom. The van der Waals surface area contributed by atoms with Crippen LogP contribution in [-0.2, 0) is 12.8 Å². The van der Waals surface area contributed by atoms with Gasteiger partial charge >= 0.3 is 0 Å². The van der Waals surface area contributed by atoms with Gasteiger partial charge < -0.3 is 14.4 Å². The van der Waals surface area contributed by atoms with Gasteiger partial charge in [0.25, 0.3) is 0 Å². The number of anilines is 1. The topological polar surface area (TPSA) is 63.6 Å². The molecular weight excluding hydrogens is 438 g/mol. The first-order valence-electron chi connectivity index (χ1n) is 13.9. The second-order valence-corrected chi connectivity index (χ2v) is 10.3. The molecule has 2 aromatic rings. The predicted octanol–water partition coefficient (Wildman–Crippen LogP) is 4.83. The molecule has 0 bridgehead atoms. The molecule has 190 valence electrons. The van der Waals surface area contributed by atoms with Gasteiger partial charge in [0, 0.05) is 32.2 Å². The van der Waals surface area contributed by atoms with Crippen molar-refractivity contribution < 1.29 is 9.47 Å². The Morgan fingerprint density at radius 3 is 2.43 bits per heavy atom. The molecule has 1 saturated heterocycles. The number of rotatable bonds is 9. The lowest BCUT2D eigenvalue weighted by Crippen LogP contribution is -2.47. The van der Waals surface area contributed by atoms with Crippen molar-refractivity contribution in [1.82, 2.24) is 19.9 Å². The van der Waals surface area contributed by atoms with Crippen molar-refractivity contribution >= 4 is 5.82 Å². The summed E-state index contributed by atoms with van der Waals surface area (Å²) in [5.41, 5.74) is 2.31. The van der Waals surface area contributed by atoms with E-state index < -0.39 is 0 Å². The van der Waals surface area contributed by atoms with Gasteiger partial charge in [0.2, 0.25) is 11.8 Å². The fraction of sp³-hybridized carbons (Fsp3) is 0.679. The summed E-state index contributed by atoms with van der Waals surface area (Å²) in [6, 6.07) is 6.23. The number of piperazine rings is 1. The molecule has 7 heteroatoms. The van der Waals surface area contributed by atoms with E-state index in [1.807, 2.05) is 6.07 Å². The molecule has 3 heterocycles. The van der Waals surface area contributed by atoms with Crippen molar-refractivity contribution in [3.63, 3.8) is 0 Å². The highest BCUT2D eigenvalue weighted by Crippen LogP contribution is 2.24. The zero-order valence-corrected chi connectivity index (χ0v) is 21.2. The fourth-order valence-electron chi connectivity index (χ4n) is 5.49. The number of aryl methyl sites for hydroxylation is 2. The van der Waals surface area contributed by atoms with Crippen molar-refractivity contribution in [3.05, 3.63) is 35.8 Å². The molecule has 5 rings (SSSR count). The summed E-state index contributed by atoms with van der Waals surface area (Å²) < 4.78 is 12.1. The summed E-state index contributed by atoms with van der Waals surface area (Å²) in [6.45, 7) is 6.01. The molecule has 0 aromatic carbocycles. The van der Waals surface area contributed by atoms with E-state index in [9.17, 15) is 0 Å². The number of aromatic nitrogens is 3. The average Bonchev–Trinajstić information content (AvgIpc) is 3.17. The molecule has 3 aliphatic rings. The molecule has 2 aliphatic carbocycles. The molecule has 2 fully saturated rings. The van der Waals surface area contributed by atoms with Crippen LogP contribution in [0.1, 0.15) is 75.6 Å². The maximum absolute atomic E-state index is 6.25. The molecule has 0 amide bonds. The smallest absolute Gasteiger partial charge is 0.232 e. The Kier molecular flexibility index (Phi) is 8.69. The molecule has 0 radical (unpaired) electrons. The van der Waals surface area contributed by atoms with E-state index >= 15 is 0 Å². The molecule has 0 spiro atoms. The predicted molar refractivity (Wildman–Crippen MR) is 138 cm³/mol. The van der Waals surface area contributed by atoms with Crippen molar-refractivity contribution in [2.24, 2.45) is 0 Å². The van der Waals surface area contributed by atoms with Gasteiger partial charge in [-0.3, -0.25) is 9.88 Å². The third-order valence-electron chi connectivity index (χ3n) is 7.60. The highest BCUT2D eigenvalue weighted by molar-refractivity contribution is 5.41. The van der Waals surface area contributed by atoms with Gasteiger partial charge in [0.1, 0.15) is 11.9 Å². The van der Waals surface area contributed by atoms with Gasteiger partial charge in [0.15, 0.2) is 0 Å². The highest BCUT2D eigenvalue weighted by Gasteiger charge is 2.19. The average molecular weight is 480 g/mol. The van der Waals surface area contributed by atoms with E-state index in [0.29, 0.717) is 18.6 Å². The zero-order chi connectivity index (χ0) is 23.7. The van der Waals surface area contributed by atoms with Crippen LogP contribution in [0.2, 0.25) is 0 Å². The second kappa shape index (κ2) is 12.5. The Labute approximate surface area is 210 Å². The van der Waals surface area contributed by atoms with Crippen LogP contribution in [0.4, 0.5) is 5.82 Å². The Hall–Kier alpha value is -2.41. The number of unbranched alkanes of at least 4 members (excludes halogenated alkanes) is 1. The number of hydrogen-bond donors (Lipinski definition) is 0. The van der Waals surface area contributed by atoms with Crippen molar-refractivity contribution in [3.8, 4) is 11.8 Å². The van der Waals surface area contributed by atoms with Crippen LogP contribution < -0.4 is 14.4 Å². The van der Waals surface area contributed by atoms with Crippen LogP contribution in [0.5, 0.6) is 11.8 Å². The highest BCUT2D eigenvalue weighted by atomic mass is 16.5. The van der Waals surface area contributed by atoms with Gasteiger partial charge in [-0.1, -0.05) is 18.9 Å². The van der Waals surface area contributed by atoms with E-state index in [1.54, 1.807) is 6.20 Å². The molecule has 35 heavy (non-hydrogen) atoms. The van der Waals surface area contributed by atoms with Crippen LogP contribution in [0.3, 0.4) is 0 Å². The minimum atomic E-state index is 0.334. The number of hydrogen-bond acceptors (Lipinski definition) is 7. The SMILES string of the molecule is c1cc(OC2CCCCCC2)nc(N2CCN(CCCCOc3cnc4c(n3)CCCC4)CC2)c1. The van der Waals surface area contributed by atoms with Crippen LogP contribution in [-0.4, -0.2) is 65.3 Å². The first-order chi connectivity index (χ1) is 17.3. The lowest BCUT2D eigenvalue weighted by molar-refractivity contribution is 0.176. The van der Waals surface area contributed by atoms with Crippen LogP contribution >= 0.6 is 0 Å². The first-order valence-corrected chi connectivity index (χ1v) is 13.9. The summed E-state index contributed by atoms with van der Waals surface area (Å²) in [6.07, 6.45) is 16.4. The molecule has 0 unspecified atom stereocenters. The molecular formula is C28H41N5O2. The first kappa shape index (κ1) is 24.3. The second-order valence-electron chi connectivity index (χ2n) is 10.3. The quantitative estimate of drug-likeness (QED) is 0.377. The molecule has 7 nitrogen and oxygen atoms in total. The molecule has 0 atom stereocenters. The summed E-state index contributed by atoms with van der Waals surface area (Å²) >= 11 is 0. The Bertz CT molecular complexity index is 923. The van der Waals surface area contributed by atoms with Gasteiger partial charge in [-0.25, -0.2) is 4.98 Å². The van der Waals surface area contributed by atoms with E-state index in [2.05, 4.69) is 31.9 Å². The number of pyridine rings is 1. The van der Waals surface area contributed by atoms with Crippen LogP contribution in [0.15, 0.2) is 24.4 Å². The minimum Gasteiger partial charge on any atom is -0.477 e. The van der Waals surface area contributed by atoms with E-state index in [-0.39, 0.29) is 0 Å². The van der Waals surface area contributed by atoms with E-state index in [4.69, 9.17) is 14.5 Å². The van der Waals surface area contributed by atoms with Gasteiger partial charge in [-0.2, -0.15) is 4.98 Å². The summed E-state index contributed by atoms with van der Waals surface area (Å²) in [7, 11) is 0. The molecule has 1 aliphatic heterocycles. The lowest BCUT2D eigenvalue weighted by atomic mass is 10.0. The van der Waals surface area contributed by atoms with Crippen molar-refractivity contribution in [1.29, 1.82) is 0 Å². The van der Waals surface area contributed by atoms with Crippen molar-refractivity contribution in [2.75, 3.05) is 44.2 Å². The van der Waals surface area contributed by atoms with Gasteiger partial charge in [0.05, 0.1) is 24.2 Å². The number of fused-ring (bicyclic) bond motifs is 1. The normalized spacial score (nSPS) is 19.7. The summed E-state index contributed by atoms with van der Waals surface area (Å²) in [5, 5.41) is 0. The Morgan fingerprint density at radius 1 is 0.800 bits per heavy atom. The number of ether oxygens (including phenoxy) is 2. The maximum Gasteiger partial charge on any atom is 0.232 e. The number of nitrogens with zero attached hydrogens (tertiary/aromatic N) is 5. The summed E-state index contributed by atoms with van der Waals surface area (Å²) in [4.78, 5) is 19.0. The zero-order valence-electron chi connectivity index (χ0n) is 21.2. The van der Waals surface area contributed by atoms with Crippen LogP contribution in [0.25, 0.3) is 0 Å². The van der Waals surface area contributed by atoms with E-state index in [1.165, 1.54) is 38.5 Å². The lowest BCUT2D eigenvalue weighted by Gasteiger charge is -2.35. The van der Waals surface area contributed by atoms with Crippen LogP contribution in [0, 0.1) is 0 Å². The maximum atomic E-state index is 6.25. The van der Waals surface area contributed by atoms with Gasteiger partial charge in [-0.15, -0.1) is 0 Å². The largest absolute Gasteiger partial charge is 0.477 e. The third kappa shape index (κ3) is 7.06.